The van der Waals surface area contributed by atoms with Gasteiger partial charge in [0.25, 0.3) is 11.8 Å². The summed E-state index contributed by atoms with van der Waals surface area (Å²) in [5.74, 6) is 1.64. The summed E-state index contributed by atoms with van der Waals surface area (Å²) in [4.78, 5) is 24.6. The first-order valence-corrected chi connectivity index (χ1v) is 6.80. The molecule has 0 atom stereocenters. The van der Waals surface area contributed by atoms with E-state index in [9.17, 15) is 9.59 Å². The van der Waals surface area contributed by atoms with Gasteiger partial charge in [0.1, 0.15) is 11.5 Å². The molecule has 2 aromatic heterocycles. The van der Waals surface area contributed by atoms with E-state index in [1.54, 1.807) is 38.1 Å². The molecular formula is C16H12N2O4. The van der Waals surface area contributed by atoms with E-state index >= 15 is 0 Å². The van der Waals surface area contributed by atoms with Crippen molar-refractivity contribution in [2.75, 3.05) is 0 Å². The lowest BCUT2D eigenvalue weighted by Gasteiger charge is -2.03. The summed E-state index contributed by atoms with van der Waals surface area (Å²) in [5, 5.41) is 5.42. The third-order valence-corrected chi connectivity index (χ3v) is 3.65. The number of furan rings is 2. The van der Waals surface area contributed by atoms with Gasteiger partial charge in [-0.05, 0) is 38.1 Å². The number of nitrogens with one attached hydrogen (secondary N) is 2. The van der Waals surface area contributed by atoms with Gasteiger partial charge in [0.15, 0.2) is 11.5 Å². The van der Waals surface area contributed by atoms with Crippen molar-refractivity contribution in [3.63, 3.8) is 0 Å². The minimum absolute atomic E-state index is 0.295. The van der Waals surface area contributed by atoms with E-state index in [1.807, 2.05) is 0 Å². The first-order chi connectivity index (χ1) is 10.5. The Kier molecular flexibility index (Phi) is 2.45. The third kappa shape index (κ3) is 1.67. The second-order valence-electron chi connectivity index (χ2n) is 5.23. The molecule has 0 saturated carbocycles. The van der Waals surface area contributed by atoms with Gasteiger partial charge in [-0.3, -0.25) is 9.59 Å². The van der Waals surface area contributed by atoms with Crippen molar-refractivity contribution in [3.05, 3.63) is 58.5 Å². The van der Waals surface area contributed by atoms with Gasteiger partial charge in [0.05, 0.1) is 22.5 Å². The van der Waals surface area contributed by atoms with Crippen molar-refractivity contribution in [1.29, 1.82) is 0 Å². The molecule has 0 spiro atoms. The summed E-state index contributed by atoms with van der Waals surface area (Å²) in [7, 11) is 0. The maximum absolute atomic E-state index is 12.3. The molecule has 0 saturated heterocycles. The summed E-state index contributed by atoms with van der Waals surface area (Å²) in [6.07, 6.45) is 0. The predicted octanol–water partition coefficient (Wildman–Crippen LogP) is 1.87. The number of hydrogen-bond donors (Lipinski definition) is 2. The second kappa shape index (κ2) is 4.24. The van der Waals surface area contributed by atoms with Crippen LogP contribution in [-0.4, -0.2) is 11.8 Å². The van der Waals surface area contributed by atoms with Gasteiger partial charge in [0.2, 0.25) is 0 Å². The van der Waals surface area contributed by atoms with Gasteiger partial charge >= 0.3 is 0 Å². The van der Waals surface area contributed by atoms with E-state index in [1.165, 1.54) is 0 Å². The molecule has 0 bridgehead atoms. The summed E-state index contributed by atoms with van der Waals surface area (Å²) in [6, 6.07) is 7.01. The first kappa shape index (κ1) is 12.7. The van der Waals surface area contributed by atoms with Crippen molar-refractivity contribution in [2.45, 2.75) is 13.8 Å². The average Bonchev–Trinajstić information content (AvgIpc) is 3.19. The van der Waals surface area contributed by atoms with Gasteiger partial charge in [-0.1, -0.05) is 0 Å². The predicted molar refractivity (Wildman–Crippen MR) is 77.0 cm³/mol. The fraction of sp³-hybridized carbons (Fsp3) is 0.125. The molecular weight excluding hydrogens is 284 g/mol. The Hall–Kier alpha value is -3.02. The Morgan fingerprint density at radius 2 is 1.14 bits per heavy atom. The molecule has 0 aliphatic carbocycles. The number of amides is 2. The van der Waals surface area contributed by atoms with Crippen LogP contribution in [0.4, 0.5) is 0 Å². The molecule has 22 heavy (non-hydrogen) atoms. The maximum Gasteiger partial charge on any atom is 0.258 e. The highest BCUT2D eigenvalue weighted by Gasteiger charge is 2.42. The van der Waals surface area contributed by atoms with Crippen molar-refractivity contribution in [2.24, 2.45) is 0 Å². The van der Waals surface area contributed by atoms with Gasteiger partial charge in [-0.15, -0.1) is 0 Å². The van der Waals surface area contributed by atoms with Crippen LogP contribution in [0.15, 0.2) is 44.2 Å². The topological polar surface area (TPSA) is 84.5 Å². The number of fused-ring (bicyclic) bond motifs is 1. The number of carbonyl (C=O) groups excluding carboxylic acids is 2. The lowest BCUT2D eigenvalue weighted by molar-refractivity contribution is -0.117. The van der Waals surface area contributed by atoms with E-state index in [2.05, 4.69) is 10.6 Å². The highest BCUT2D eigenvalue weighted by molar-refractivity contribution is 6.30. The van der Waals surface area contributed by atoms with Crippen LogP contribution in [0.1, 0.15) is 23.0 Å². The van der Waals surface area contributed by atoms with E-state index in [-0.39, 0.29) is 11.8 Å². The van der Waals surface area contributed by atoms with Crippen molar-refractivity contribution < 1.29 is 18.4 Å². The van der Waals surface area contributed by atoms with Gasteiger partial charge in [-0.25, -0.2) is 0 Å². The highest BCUT2D eigenvalue weighted by Crippen LogP contribution is 2.37. The van der Waals surface area contributed by atoms with Gasteiger partial charge in [-0.2, -0.15) is 0 Å². The lowest BCUT2D eigenvalue weighted by Crippen LogP contribution is -2.21. The smallest absolute Gasteiger partial charge is 0.258 e. The quantitative estimate of drug-likeness (QED) is 0.886. The van der Waals surface area contributed by atoms with Crippen LogP contribution < -0.4 is 10.6 Å². The lowest BCUT2D eigenvalue weighted by atomic mass is 10.1. The largest absolute Gasteiger partial charge is 0.460 e. The molecule has 2 N–H and O–H groups in total. The van der Waals surface area contributed by atoms with Crippen LogP contribution in [0.5, 0.6) is 0 Å². The minimum Gasteiger partial charge on any atom is -0.460 e. The number of rotatable bonds is 2. The summed E-state index contributed by atoms with van der Waals surface area (Å²) < 4.78 is 11.0. The SMILES string of the molecule is Cc1ccc(C2=C3C(=O)NC(c4ccc(C)o4)=C3C(=O)N2)o1. The van der Waals surface area contributed by atoms with Gasteiger partial charge < -0.3 is 19.5 Å². The minimum atomic E-state index is -0.346. The molecule has 2 amide bonds. The average molecular weight is 296 g/mol. The molecule has 2 aliphatic heterocycles. The third-order valence-electron chi connectivity index (χ3n) is 3.65. The Labute approximate surface area is 125 Å². The van der Waals surface area contributed by atoms with Crippen LogP contribution in [0.2, 0.25) is 0 Å². The Morgan fingerprint density at radius 3 is 1.45 bits per heavy atom. The summed E-state index contributed by atoms with van der Waals surface area (Å²) in [6.45, 7) is 3.60. The molecule has 4 heterocycles. The van der Waals surface area contributed by atoms with E-state index < -0.39 is 0 Å². The zero-order valence-corrected chi connectivity index (χ0v) is 11.9. The van der Waals surface area contributed by atoms with Crippen LogP contribution in [0.3, 0.4) is 0 Å². The van der Waals surface area contributed by atoms with E-state index in [4.69, 9.17) is 8.83 Å². The molecule has 6 heteroatoms. The van der Waals surface area contributed by atoms with Crippen LogP contribution in [-0.2, 0) is 9.59 Å². The van der Waals surface area contributed by atoms with Crippen LogP contribution in [0, 0.1) is 13.8 Å². The zero-order valence-electron chi connectivity index (χ0n) is 11.9. The van der Waals surface area contributed by atoms with Crippen molar-refractivity contribution >= 4 is 23.2 Å². The Bertz CT molecular complexity index is 821. The fourth-order valence-corrected chi connectivity index (χ4v) is 2.69. The first-order valence-electron chi connectivity index (χ1n) is 6.80. The zero-order chi connectivity index (χ0) is 15.4. The highest BCUT2D eigenvalue weighted by atomic mass is 16.3. The molecule has 110 valence electrons. The van der Waals surface area contributed by atoms with Crippen molar-refractivity contribution in [1.82, 2.24) is 10.6 Å². The van der Waals surface area contributed by atoms with Crippen LogP contribution >= 0.6 is 0 Å². The monoisotopic (exact) mass is 296 g/mol. The number of aryl methyl sites for hydroxylation is 2. The normalized spacial score (nSPS) is 17.2. The molecule has 0 fully saturated rings. The number of carbonyl (C=O) groups is 2. The molecule has 2 aromatic rings. The second-order valence-corrected chi connectivity index (χ2v) is 5.23. The standard InChI is InChI=1S/C16H12N2O4/c1-7-3-5-9(21-7)13-11-12(16(20)17-13)14(18-15(11)19)10-6-4-8(2)22-10/h3-6H,1-2H3,(H,17,20)(H,18,19). The van der Waals surface area contributed by atoms with E-state index in [0.717, 1.165) is 0 Å². The molecule has 6 nitrogen and oxygen atoms in total. The molecule has 0 aromatic carbocycles. The van der Waals surface area contributed by atoms with Crippen LogP contribution in [0.25, 0.3) is 11.4 Å². The summed E-state index contributed by atoms with van der Waals surface area (Å²) >= 11 is 0. The summed E-state index contributed by atoms with van der Waals surface area (Å²) in [5.41, 5.74) is 1.37. The Balaban J connectivity index is 1.91. The molecule has 4 rings (SSSR count). The molecule has 2 aliphatic rings. The van der Waals surface area contributed by atoms with Gasteiger partial charge in [0, 0.05) is 0 Å². The number of hydrogen-bond acceptors (Lipinski definition) is 4. The maximum atomic E-state index is 12.3. The molecule has 0 radical (unpaired) electrons. The van der Waals surface area contributed by atoms with Crippen molar-refractivity contribution in [3.8, 4) is 0 Å². The van der Waals surface area contributed by atoms with E-state index in [0.29, 0.717) is 45.6 Å². The fourth-order valence-electron chi connectivity index (χ4n) is 2.69. The molecule has 0 unspecified atom stereocenters. The Morgan fingerprint density at radius 1 is 0.727 bits per heavy atom.